The fourth-order valence-electron chi connectivity index (χ4n) is 3.55. The predicted molar refractivity (Wildman–Crippen MR) is 99.9 cm³/mol. The van der Waals surface area contributed by atoms with Gasteiger partial charge in [-0.1, -0.05) is 17.7 Å². The summed E-state index contributed by atoms with van der Waals surface area (Å²) in [5.74, 6) is -0.613. The summed E-state index contributed by atoms with van der Waals surface area (Å²) in [5, 5.41) is 8.31. The molecule has 0 bridgehead atoms. The van der Waals surface area contributed by atoms with Crippen molar-refractivity contribution < 1.29 is 18.0 Å². The molecular formula is C18H23N3O4S. The third-order valence-corrected chi connectivity index (χ3v) is 6.54. The van der Waals surface area contributed by atoms with Crippen LogP contribution in [0.4, 0.5) is 5.69 Å². The zero-order chi connectivity index (χ0) is 19.1. The van der Waals surface area contributed by atoms with Crippen LogP contribution in [0.5, 0.6) is 0 Å². The molecule has 0 radical (unpaired) electrons. The van der Waals surface area contributed by atoms with Crippen LogP contribution < -0.4 is 5.32 Å². The number of carbonyl (C=O) groups is 2. The molecule has 3 rings (SSSR count). The lowest BCUT2D eigenvalue weighted by atomic mass is 10.0. The molecule has 1 aromatic rings. The Balaban J connectivity index is 1.81. The quantitative estimate of drug-likeness (QED) is 0.867. The fraction of sp³-hybridized carbons (Fsp3) is 0.500. The molecule has 0 aromatic heterocycles. The average molecular weight is 377 g/mol. The molecular weight excluding hydrogens is 354 g/mol. The SMILES string of the molecule is Cc1cc(C)c(NC(=O)C2=NN([C@H]3CCS(=O)(=O)C3)C(=O)CC2)c(C)c1. The monoisotopic (exact) mass is 377 g/mol. The predicted octanol–water partition coefficient (Wildman–Crippen LogP) is 1.72. The first-order chi connectivity index (χ1) is 12.2. The molecule has 1 atom stereocenters. The van der Waals surface area contributed by atoms with Gasteiger partial charge in [-0.25, -0.2) is 13.4 Å². The highest BCUT2D eigenvalue weighted by Crippen LogP contribution is 2.24. The molecule has 26 heavy (non-hydrogen) atoms. The van der Waals surface area contributed by atoms with E-state index in [1.54, 1.807) is 0 Å². The first-order valence-electron chi connectivity index (χ1n) is 8.65. The van der Waals surface area contributed by atoms with E-state index >= 15 is 0 Å². The van der Waals surface area contributed by atoms with Gasteiger partial charge >= 0.3 is 0 Å². The van der Waals surface area contributed by atoms with E-state index in [4.69, 9.17) is 0 Å². The molecule has 7 nitrogen and oxygen atoms in total. The number of amides is 2. The van der Waals surface area contributed by atoms with Crippen molar-refractivity contribution in [3.05, 3.63) is 28.8 Å². The van der Waals surface area contributed by atoms with Gasteiger partial charge in [0.25, 0.3) is 5.91 Å². The van der Waals surface area contributed by atoms with Gasteiger partial charge in [-0.3, -0.25) is 9.59 Å². The van der Waals surface area contributed by atoms with Gasteiger partial charge in [-0.2, -0.15) is 5.10 Å². The number of carbonyl (C=O) groups excluding carboxylic acids is 2. The van der Waals surface area contributed by atoms with Crippen LogP contribution in [-0.2, 0) is 19.4 Å². The zero-order valence-electron chi connectivity index (χ0n) is 15.2. The highest BCUT2D eigenvalue weighted by atomic mass is 32.2. The summed E-state index contributed by atoms with van der Waals surface area (Å²) in [4.78, 5) is 24.8. The molecule has 2 amide bonds. The van der Waals surface area contributed by atoms with Crippen LogP contribution in [0.25, 0.3) is 0 Å². The standard InChI is InChI=1S/C18H23N3O4S/c1-11-8-12(2)17(13(3)9-11)19-18(23)15-4-5-16(22)21(20-15)14-6-7-26(24,25)10-14/h8-9,14H,4-7,10H2,1-3H3,(H,19,23)/t14-/m0/s1. The molecule has 2 aliphatic rings. The lowest BCUT2D eigenvalue weighted by Gasteiger charge is -2.27. The number of rotatable bonds is 3. The Morgan fingerprint density at radius 1 is 1.19 bits per heavy atom. The second-order valence-electron chi connectivity index (χ2n) is 7.07. The molecule has 2 aliphatic heterocycles. The second kappa shape index (κ2) is 6.83. The van der Waals surface area contributed by atoms with Gasteiger partial charge in [0.15, 0.2) is 9.84 Å². The van der Waals surface area contributed by atoms with Crippen molar-refractivity contribution in [3.8, 4) is 0 Å². The van der Waals surface area contributed by atoms with E-state index < -0.39 is 15.9 Å². The summed E-state index contributed by atoms with van der Waals surface area (Å²) in [5.41, 5.74) is 4.04. The minimum Gasteiger partial charge on any atom is -0.320 e. The minimum atomic E-state index is -3.13. The molecule has 140 valence electrons. The summed E-state index contributed by atoms with van der Waals surface area (Å²) < 4.78 is 23.4. The lowest BCUT2D eigenvalue weighted by Crippen LogP contribution is -2.42. The van der Waals surface area contributed by atoms with Crippen molar-refractivity contribution in [2.75, 3.05) is 16.8 Å². The molecule has 0 aliphatic carbocycles. The molecule has 2 heterocycles. The van der Waals surface area contributed by atoms with E-state index in [2.05, 4.69) is 10.4 Å². The van der Waals surface area contributed by atoms with Crippen LogP contribution >= 0.6 is 0 Å². The van der Waals surface area contributed by atoms with Gasteiger partial charge in [-0.05, 0) is 38.3 Å². The number of aryl methyl sites for hydroxylation is 3. The molecule has 8 heteroatoms. The van der Waals surface area contributed by atoms with Gasteiger partial charge < -0.3 is 5.32 Å². The Morgan fingerprint density at radius 2 is 1.85 bits per heavy atom. The van der Waals surface area contributed by atoms with Crippen molar-refractivity contribution in [3.63, 3.8) is 0 Å². The molecule has 0 unspecified atom stereocenters. The smallest absolute Gasteiger partial charge is 0.271 e. The van der Waals surface area contributed by atoms with Gasteiger partial charge in [-0.15, -0.1) is 0 Å². The summed E-state index contributed by atoms with van der Waals surface area (Å²) in [6.07, 6.45) is 0.780. The average Bonchev–Trinajstić information content (AvgIpc) is 2.91. The second-order valence-corrected chi connectivity index (χ2v) is 9.30. The maximum Gasteiger partial charge on any atom is 0.271 e. The Hall–Kier alpha value is -2.22. The van der Waals surface area contributed by atoms with E-state index in [1.165, 1.54) is 5.01 Å². The number of benzene rings is 1. The fourth-order valence-corrected chi connectivity index (χ4v) is 5.24. The summed E-state index contributed by atoms with van der Waals surface area (Å²) in [7, 11) is -3.13. The topological polar surface area (TPSA) is 95.9 Å². The summed E-state index contributed by atoms with van der Waals surface area (Å²) >= 11 is 0. The maximum absolute atomic E-state index is 12.7. The van der Waals surface area contributed by atoms with E-state index in [9.17, 15) is 18.0 Å². The third-order valence-electron chi connectivity index (χ3n) is 4.79. The van der Waals surface area contributed by atoms with Gasteiger partial charge in [0.1, 0.15) is 5.71 Å². The Morgan fingerprint density at radius 3 is 2.42 bits per heavy atom. The first-order valence-corrected chi connectivity index (χ1v) is 10.5. The van der Waals surface area contributed by atoms with Crippen LogP contribution in [0.15, 0.2) is 17.2 Å². The Bertz CT molecular complexity index is 882. The Kier molecular flexibility index (Phi) is 4.88. The Labute approximate surface area is 153 Å². The number of hydrogen-bond acceptors (Lipinski definition) is 5. The number of sulfone groups is 1. The number of hydrogen-bond donors (Lipinski definition) is 1. The number of anilines is 1. The van der Waals surface area contributed by atoms with Crippen LogP contribution in [0, 0.1) is 20.8 Å². The van der Waals surface area contributed by atoms with E-state index in [0.717, 1.165) is 22.4 Å². The van der Waals surface area contributed by atoms with E-state index in [0.29, 0.717) is 6.42 Å². The third kappa shape index (κ3) is 3.80. The van der Waals surface area contributed by atoms with Crippen LogP contribution in [0.1, 0.15) is 36.0 Å². The number of nitrogens with zero attached hydrogens (tertiary/aromatic N) is 2. The molecule has 0 spiro atoms. The molecule has 1 aromatic carbocycles. The number of hydrazone groups is 1. The maximum atomic E-state index is 12.7. The van der Waals surface area contributed by atoms with Crippen molar-refractivity contribution in [2.45, 2.75) is 46.1 Å². The van der Waals surface area contributed by atoms with Crippen molar-refractivity contribution in [2.24, 2.45) is 5.10 Å². The molecule has 1 saturated heterocycles. The van der Waals surface area contributed by atoms with Crippen LogP contribution in [-0.4, -0.2) is 48.5 Å². The highest BCUT2D eigenvalue weighted by molar-refractivity contribution is 7.91. The highest BCUT2D eigenvalue weighted by Gasteiger charge is 2.37. The van der Waals surface area contributed by atoms with Crippen molar-refractivity contribution >= 4 is 33.1 Å². The van der Waals surface area contributed by atoms with Crippen molar-refractivity contribution in [1.82, 2.24) is 5.01 Å². The normalized spacial score (nSPS) is 22.3. The number of nitrogens with one attached hydrogen (secondary N) is 1. The lowest BCUT2D eigenvalue weighted by molar-refractivity contribution is -0.133. The molecule has 0 saturated carbocycles. The van der Waals surface area contributed by atoms with Gasteiger partial charge in [0.05, 0.1) is 17.5 Å². The van der Waals surface area contributed by atoms with Crippen LogP contribution in [0.3, 0.4) is 0 Å². The van der Waals surface area contributed by atoms with Gasteiger partial charge in [0.2, 0.25) is 5.91 Å². The summed E-state index contributed by atoms with van der Waals surface area (Å²) in [6.45, 7) is 5.85. The van der Waals surface area contributed by atoms with E-state index in [1.807, 2.05) is 32.9 Å². The molecule has 1 fully saturated rings. The molecule has 1 N–H and O–H groups in total. The largest absolute Gasteiger partial charge is 0.320 e. The van der Waals surface area contributed by atoms with Gasteiger partial charge in [0, 0.05) is 18.5 Å². The summed E-state index contributed by atoms with van der Waals surface area (Å²) in [6, 6.07) is 3.51. The van der Waals surface area contributed by atoms with Crippen molar-refractivity contribution in [1.29, 1.82) is 0 Å². The zero-order valence-corrected chi connectivity index (χ0v) is 16.0. The minimum absolute atomic E-state index is 0.0558. The first kappa shape index (κ1) is 18.6. The van der Waals surface area contributed by atoms with E-state index in [-0.39, 0.29) is 41.9 Å². The van der Waals surface area contributed by atoms with Crippen LogP contribution in [0.2, 0.25) is 0 Å².